The smallest absolute Gasteiger partial charge is 0.338 e. The second-order valence-corrected chi connectivity index (χ2v) is 5.75. The van der Waals surface area contributed by atoms with Crippen LogP contribution in [0.25, 0.3) is 0 Å². The average Bonchev–Trinajstić information content (AvgIpc) is 2.61. The molecule has 0 aliphatic heterocycles. The lowest BCUT2D eigenvalue weighted by Gasteiger charge is -2.20. The van der Waals surface area contributed by atoms with Gasteiger partial charge in [0.05, 0.1) is 23.6 Å². The number of hydrogen-bond acceptors (Lipinski definition) is 4. The molecule has 8 heteroatoms. The van der Waals surface area contributed by atoms with E-state index in [1.807, 2.05) is 13.8 Å². The van der Waals surface area contributed by atoms with Crippen molar-refractivity contribution in [1.82, 2.24) is 14.9 Å². The predicted octanol–water partition coefficient (Wildman–Crippen LogP) is 4.50. The number of anilines is 2. The Labute approximate surface area is 150 Å². The molecule has 1 N–H and O–H groups in total. The summed E-state index contributed by atoms with van der Waals surface area (Å²) in [6.07, 6.45) is -0.288. The Morgan fingerprint density at radius 1 is 1.08 bits per heavy atom. The first kappa shape index (κ1) is 19.7. The number of benzene rings is 1. The molecule has 0 fully saturated rings. The van der Waals surface area contributed by atoms with Gasteiger partial charge in [-0.05, 0) is 25.0 Å². The highest BCUT2D eigenvalue weighted by Crippen LogP contribution is 2.35. The first-order chi connectivity index (χ1) is 12.4. The topological polar surface area (TPSA) is 58.1 Å². The number of alkyl halides is 3. The van der Waals surface area contributed by atoms with E-state index >= 15 is 0 Å². The lowest BCUT2D eigenvalue weighted by atomic mass is 10.1. The molecular weight excluding hydrogens is 345 g/mol. The highest BCUT2D eigenvalue weighted by atomic mass is 19.4. The number of rotatable bonds is 7. The van der Waals surface area contributed by atoms with E-state index in [0.717, 1.165) is 18.9 Å². The Balaban J connectivity index is 2.17. The first-order valence-electron chi connectivity index (χ1n) is 8.41. The normalized spacial score (nSPS) is 11.3. The molecule has 0 radical (unpaired) electrons. The molecule has 1 heterocycles. The number of carbonyl (C=O) groups is 1. The van der Waals surface area contributed by atoms with Crippen LogP contribution in [-0.4, -0.2) is 33.9 Å². The van der Waals surface area contributed by atoms with Crippen molar-refractivity contribution < 1.29 is 18.0 Å². The fraction of sp³-hybridized carbons (Fsp3) is 0.389. The van der Waals surface area contributed by atoms with E-state index in [4.69, 9.17) is 0 Å². The molecule has 1 aromatic heterocycles. The van der Waals surface area contributed by atoms with Crippen molar-refractivity contribution in [2.45, 2.75) is 32.9 Å². The molecule has 0 bridgehead atoms. The molecule has 26 heavy (non-hydrogen) atoms. The third kappa shape index (κ3) is 4.93. The number of halogens is 3. The minimum absolute atomic E-state index is 0.119. The maximum Gasteiger partial charge on any atom is 0.418 e. The van der Waals surface area contributed by atoms with Crippen LogP contribution in [0.4, 0.5) is 24.7 Å². The Morgan fingerprint density at radius 3 is 2.27 bits per heavy atom. The van der Waals surface area contributed by atoms with Crippen LogP contribution in [0, 0.1) is 0 Å². The maximum absolute atomic E-state index is 13.0. The Morgan fingerprint density at radius 2 is 1.73 bits per heavy atom. The highest BCUT2D eigenvalue weighted by molar-refractivity contribution is 5.92. The molecule has 0 unspecified atom stereocenters. The zero-order valence-corrected chi connectivity index (χ0v) is 14.7. The predicted molar refractivity (Wildman–Crippen MR) is 93.2 cm³/mol. The highest BCUT2D eigenvalue weighted by Gasteiger charge is 2.33. The van der Waals surface area contributed by atoms with Crippen molar-refractivity contribution in [2.24, 2.45) is 0 Å². The second kappa shape index (κ2) is 8.64. The van der Waals surface area contributed by atoms with Gasteiger partial charge in [0.15, 0.2) is 0 Å². The van der Waals surface area contributed by atoms with Gasteiger partial charge in [0, 0.05) is 13.1 Å². The van der Waals surface area contributed by atoms with Gasteiger partial charge < -0.3 is 10.2 Å². The summed E-state index contributed by atoms with van der Waals surface area (Å²) in [4.78, 5) is 22.2. The number of carbonyl (C=O) groups excluding carboxylic acids is 1. The van der Waals surface area contributed by atoms with E-state index in [9.17, 15) is 18.0 Å². The molecule has 0 aliphatic rings. The van der Waals surface area contributed by atoms with Crippen molar-refractivity contribution in [3.8, 4) is 0 Å². The minimum Gasteiger partial charge on any atom is -0.338 e. The van der Waals surface area contributed by atoms with Crippen molar-refractivity contribution in [3.05, 3.63) is 47.9 Å². The molecule has 0 saturated carbocycles. The van der Waals surface area contributed by atoms with Gasteiger partial charge in [-0.2, -0.15) is 13.2 Å². The number of aromatic nitrogens is 2. The van der Waals surface area contributed by atoms with Gasteiger partial charge in [-0.1, -0.05) is 26.0 Å². The average molecular weight is 366 g/mol. The van der Waals surface area contributed by atoms with Crippen LogP contribution < -0.4 is 5.32 Å². The fourth-order valence-electron chi connectivity index (χ4n) is 2.50. The standard InChI is InChI=1S/C18H21F3N4O/c1-3-9-25(10-4-2)17(26)15-11-23-16(12-22-15)24-14-8-6-5-7-13(14)18(19,20)21/h5-8,11-12H,3-4,9-10H2,1-2H3,(H,23,24). The van der Waals surface area contributed by atoms with Crippen LogP contribution in [0.5, 0.6) is 0 Å². The largest absolute Gasteiger partial charge is 0.418 e. The van der Waals surface area contributed by atoms with E-state index in [1.165, 1.54) is 30.6 Å². The number of amides is 1. The van der Waals surface area contributed by atoms with Gasteiger partial charge in [0.1, 0.15) is 11.5 Å². The lowest BCUT2D eigenvalue weighted by Crippen LogP contribution is -2.33. The summed E-state index contributed by atoms with van der Waals surface area (Å²) in [7, 11) is 0. The third-order valence-electron chi connectivity index (χ3n) is 3.64. The summed E-state index contributed by atoms with van der Waals surface area (Å²) < 4.78 is 39.1. The molecule has 5 nitrogen and oxygen atoms in total. The molecule has 0 atom stereocenters. The van der Waals surface area contributed by atoms with Crippen molar-refractivity contribution in [1.29, 1.82) is 0 Å². The van der Waals surface area contributed by atoms with E-state index < -0.39 is 11.7 Å². The minimum atomic E-state index is -4.48. The van der Waals surface area contributed by atoms with Gasteiger partial charge >= 0.3 is 6.18 Å². The van der Waals surface area contributed by atoms with Crippen LogP contribution >= 0.6 is 0 Å². The Hall–Kier alpha value is -2.64. The first-order valence-corrected chi connectivity index (χ1v) is 8.41. The molecular formula is C18H21F3N4O. The third-order valence-corrected chi connectivity index (χ3v) is 3.64. The van der Waals surface area contributed by atoms with Crippen LogP contribution in [0.1, 0.15) is 42.7 Å². The van der Waals surface area contributed by atoms with Crippen molar-refractivity contribution >= 4 is 17.4 Å². The molecule has 2 aromatic rings. The quantitative estimate of drug-likeness (QED) is 0.784. The van der Waals surface area contributed by atoms with E-state index in [0.29, 0.717) is 13.1 Å². The maximum atomic E-state index is 13.0. The molecule has 1 amide bonds. The molecule has 0 spiro atoms. The number of para-hydroxylation sites is 1. The lowest BCUT2D eigenvalue weighted by molar-refractivity contribution is -0.136. The molecule has 0 aliphatic carbocycles. The molecule has 1 aromatic carbocycles. The number of hydrogen-bond donors (Lipinski definition) is 1. The second-order valence-electron chi connectivity index (χ2n) is 5.75. The zero-order valence-electron chi connectivity index (χ0n) is 14.7. The Bertz CT molecular complexity index is 726. The van der Waals surface area contributed by atoms with Crippen LogP contribution in [-0.2, 0) is 6.18 Å². The SMILES string of the molecule is CCCN(CCC)C(=O)c1cnc(Nc2ccccc2C(F)(F)F)cn1. The van der Waals surface area contributed by atoms with Crippen LogP contribution in [0.3, 0.4) is 0 Å². The van der Waals surface area contributed by atoms with Crippen molar-refractivity contribution in [3.63, 3.8) is 0 Å². The zero-order chi connectivity index (χ0) is 19.2. The summed E-state index contributed by atoms with van der Waals surface area (Å²) in [6.45, 7) is 5.19. The molecule has 2 rings (SSSR count). The summed E-state index contributed by atoms with van der Waals surface area (Å²) in [6, 6.07) is 5.11. The molecule has 140 valence electrons. The molecule has 0 saturated heterocycles. The summed E-state index contributed by atoms with van der Waals surface area (Å²) in [5.74, 6) is -0.0979. The summed E-state index contributed by atoms with van der Waals surface area (Å²) in [5, 5.41) is 2.61. The van der Waals surface area contributed by atoms with Gasteiger partial charge in [-0.25, -0.2) is 9.97 Å². The van der Waals surface area contributed by atoms with Gasteiger partial charge in [-0.15, -0.1) is 0 Å². The van der Waals surface area contributed by atoms with Crippen LogP contribution in [0.2, 0.25) is 0 Å². The Kier molecular flexibility index (Phi) is 6.54. The fourth-order valence-corrected chi connectivity index (χ4v) is 2.50. The monoisotopic (exact) mass is 366 g/mol. The van der Waals surface area contributed by atoms with Gasteiger partial charge in [0.25, 0.3) is 5.91 Å². The van der Waals surface area contributed by atoms with E-state index in [1.54, 1.807) is 4.90 Å². The van der Waals surface area contributed by atoms with Crippen molar-refractivity contribution in [2.75, 3.05) is 18.4 Å². The summed E-state index contributed by atoms with van der Waals surface area (Å²) >= 11 is 0. The number of nitrogens with zero attached hydrogens (tertiary/aromatic N) is 3. The van der Waals surface area contributed by atoms with Crippen LogP contribution in [0.15, 0.2) is 36.7 Å². The summed E-state index contributed by atoms with van der Waals surface area (Å²) in [5.41, 5.74) is -0.743. The number of nitrogens with one attached hydrogen (secondary N) is 1. The van der Waals surface area contributed by atoms with Gasteiger partial charge in [-0.3, -0.25) is 4.79 Å². The van der Waals surface area contributed by atoms with E-state index in [2.05, 4.69) is 15.3 Å². The van der Waals surface area contributed by atoms with E-state index in [-0.39, 0.29) is 23.1 Å². The van der Waals surface area contributed by atoms with Gasteiger partial charge in [0.2, 0.25) is 0 Å².